The van der Waals surface area contributed by atoms with E-state index in [1.807, 2.05) is 30.0 Å². The van der Waals surface area contributed by atoms with Crippen LogP contribution >= 0.6 is 0 Å². The summed E-state index contributed by atoms with van der Waals surface area (Å²) in [4.78, 5) is 27.2. The fourth-order valence-corrected chi connectivity index (χ4v) is 4.05. The highest BCUT2D eigenvalue weighted by Gasteiger charge is 2.36. The molecule has 150 valence electrons. The number of hydrogen-bond acceptors (Lipinski definition) is 3. The summed E-state index contributed by atoms with van der Waals surface area (Å²) in [6.07, 6.45) is 4.10. The third kappa shape index (κ3) is 6.26. The third-order valence-corrected chi connectivity index (χ3v) is 5.44. The van der Waals surface area contributed by atoms with Gasteiger partial charge in [0.05, 0.1) is 0 Å². The molecule has 0 bridgehead atoms. The topological polar surface area (TPSA) is 75.4 Å². The monoisotopic (exact) mass is 373 g/mol. The third-order valence-electron chi connectivity index (χ3n) is 5.44. The Bertz CT molecular complexity index is 595. The summed E-state index contributed by atoms with van der Waals surface area (Å²) in [5.74, 6) is -0.517. The number of carbonyl (C=O) groups is 2. The number of likely N-dealkylation sites (tertiary alicyclic amines) is 1. The van der Waals surface area contributed by atoms with Gasteiger partial charge in [-0.1, -0.05) is 45.4 Å². The van der Waals surface area contributed by atoms with E-state index < -0.39 is 0 Å². The Morgan fingerprint density at radius 3 is 2.30 bits per heavy atom. The van der Waals surface area contributed by atoms with Gasteiger partial charge < -0.3 is 16.0 Å². The summed E-state index contributed by atoms with van der Waals surface area (Å²) in [7, 11) is 0. The summed E-state index contributed by atoms with van der Waals surface area (Å²) in [5, 5.41) is 3.55. The lowest BCUT2D eigenvalue weighted by molar-refractivity contribution is -0.143. The van der Waals surface area contributed by atoms with Gasteiger partial charge in [-0.2, -0.15) is 0 Å². The van der Waals surface area contributed by atoms with Gasteiger partial charge in [-0.05, 0) is 43.7 Å². The maximum absolute atomic E-state index is 13.2. The Labute approximate surface area is 163 Å². The van der Waals surface area contributed by atoms with E-state index in [4.69, 9.17) is 5.73 Å². The highest BCUT2D eigenvalue weighted by molar-refractivity contribution is 5.87. The Hall–Kier alpha value is -2.04. The van der Waals surface area contributed by atoms with E-state index in [0.29, 0.717) is 24.8 Å². The fraction of sp³-hybridized carbons (Fsp3) is 0.636. The maximum atomic E-state index is 13.2. The number of carbonyl (C=O) groups excluding carboxylic acids is 2. The first-order chi connectivity index (χ1) is 12.9. The molecule has 1 heterocycles. The van der Waals surface area contributed by atoms with E-state index >= 15 is 0 Å². The SMILES string of the molecule is CCC[C@H](C(N)=O)[C@@H](CC(C)C)C(=O)N1CCC(Nc2ccccc2)CC1. The van der Waals surface area contributed by atoms with Crippen LogP contribution < -0.4 is 11.1 Å². The molecule has 5 nitrogen and oxygen atoms in total. The van der Waals surface area contributed by atoms with Crippen LogP contribution in [0, 0.1) is 17.8 Å². The lowest BCUT2D eigenvalue weighted by Crippen LogP contribution is -2.48. The van der Waals surface area contributed by atoms with Gasteiger partial charge in [0.2, 0.25) is 11.8 Å². The summed E-state index contributed by atoms with van der Waals surface area (Å²) in [6, 6.07) is 10.6. The molecule has 0 aromatic heterocycles. The molecule has 1 aromatic carbocycles. The predicted octanol–water partition coefficient (Wildman–Crippen LogP) is 3.65. The van der Waals surface area contributed by atoms with Gasteiger partial charge in [0.25, 0.3) is 0 Å². The van der Waals surface area contributed by atoms with Crippen molar-refractivity contribution in [2.24, 2.45) is 23.5 Å². The van der Waals surface area contributed by atoms with E-state index in [2.05, 4.69) is 31.3 Å². The highest BCUT2D eigenvalue weighted by Crippen LogP contribution is 2.28. The number of amides is 2. The maximum Gasteiger partial charge on any atom is 0.226 e. The number of hydrogen-bond donors (Lipinski definition) is 2. The molecule has 2 atom stereocenters. The number of nitrogens with zero attached hydrogens (tertiary/aromatic N) is 1. The Morgan fingerprint density at radius 1 is 1.15 bits per heavy atom. The normalized spacial score (nSPS) is 17.6. The number of benzene rings is 1. The molecule has 2 amide bonds. The molecule has 0 aliphatic carbocycles. The molecule has 0 radical (unpaired) electrons. The molecular formula is C22H35N3O2. The van der Waals surface area contributed by atoms with Gasteiger partial charge in [-0.3, -0.25) is 9.59 Å². The average Bonchev–Trinajstić information content (AvgIpc) is 2.65. The quantitative estimate of drug-likeness (QED) is 0.694. The largest absolute Gasteiger partial charge is 0.382 e. The van der Waals surface area contributed by atoms with Gasteiger partial charge in [-0.25, -0.2) is 0 Å². The lowest BCUT2D eigenvalue weighted by atomic mass is 9.81. The number of nitrogens with two attached hydrogens (primary N) is 1. The summed E-state index contributed by atoms with van der Waals surface area (Å²) >= 11 is 0. The number of nitrogens with one attached hydrogen (secondary N) is 1. The molecule has 1 saturated heterocycles. The van der Waals surface area contributed by atoms with Crippen LogP contribution in [0.5, 0.6) is 0 Å². The van der Waals surface area contributed by atoms with Crippen LogP contribution in [-0.2, 0) is 9.59 Å². The van der Waals surface area contributed by atoms with Crippen molar-refractivity contribution in [3.05, 3.63) is 30.3 Å². The second-order valence-electron chi connectivity index (χ2n) is 8.14. The minimum Gasteiger partial charge on any atom is -0.382 e. The molecule has 0 spiro atoms. The molecule has 3 N–H and O–H groups in total. The summed E-state index contributed by atoms with van der Waals surface area (Å²) in [5.41, 5.74) is 6.78. The second kappa shape index (κ2) is 10.3. The molecule has 5 heteroatoms. The van der Waals surface area contributed by atoms with Crippen molar-refractivity contribution in [2.45, 2.75) is 58.9 Å². The van der Waals surface area contributed by atoms with E-state index in [9.17, 15) is 9.59 Å². The molecule has 1 aliphatic heterocycles. The molecule has 1 fully saturated rings. The van der Waals surface area contributed by atoms with Crippen molar-refractivity contribution in [2.75, 3.05) is 18.4 Å². The zero-order chi connectivity index (χ0) is 19.8. The van der Waals surface area contributed by atoms with Crippen LogP contribution in [-0.4, -0.2) is 35.8 Å². The number of para-hydroxylation sites is 1. The van der Waals surface area contributed by atoms with Gasteiger partial charge in [0, 0.05) is 36.7 Å². The average molecular weight is 374 g/mol. The summed E-state index contributed by atoms with van der Waals surface area (Å²) < 4.78 is 0. The minimum atomic E-state index is -0.356. The molecule has 1 aromatic rings. The van der Waals surface area contributed by atoms with E-state index in [-0.39, 0.29) is 23.7 Å². The minimum absolute atomic E-state index is 0.110. The van der Waals surface area contributed by atoms with Crippen LogP contribution in [0.3, 0.4) is 0 Å². The zero-order valence-corrected chi connectivity index (χ0v) is 17.0. The first kappa shape index (κ1) is 21.3. The van der Waals surface area contributed by atoms with E-state index in [1.165, 1.54) is 0 Å². The highest BCUT2D eigenvalue weighted by atomic mass is 16.2. The second-order valence-corrected chi connectivity index (χ2v) is 8.14. The van der Waals surface area contributed by atoms with Crippen LogP contribution in [0.4, 0.5) is 5.69 Å². The van der Waals surface area contributed by atoms with Gasteiger partial charge in [-0.15, -0.1) is 0 Å². The van der Waals surface area contributed by atoms with E-state index in [0.717, 1.165) is 38.0 Å². The molecule has 0 saturated carbocycles. The van der Waals surface area contributed by atoms with Crippen molar-refractivity contribution in [1.82, 2.24) is 4.90 Å². The standard InChI is InChI=1S/C22H35N3O2/c1-4-8-19(21(23)26)20(15-16(2)3)22(27)25-13-11-18(12-14-25)24-17-9-6-5-7-10-17/h5-7,9-10,16,18-20,24H,4,8,11-15H2,1-3H3,(H2,23,26)/t19-,20+/m0/s1. The molecule has 2 rings (SSSR count). The van der Waals surface area contributed by atoms with Crippen LogP contribution in [0.2, 0.25) is 0 Å². The first-order valence-corrected chi connectivity index (χ1v) is 10.3. The van der Waals surface area contributed by atoms with Crippen LogP contribution in [0.15, 0.2) is 30.3 Å². The van der Waals surface area contributed by atoms with Gasteiger partial charge in [0.1, 0.15) is 0 Å². The number of anilines is 1. The van der Waals surface area contributed by atoms with Crippen LogP contribution in [0.25, 0.3) is 0 Å². The van der Waals surface area contributed by atoms with Crippen LogP contribution in [0.1, 0.15) is 52.9 Å². The van der Waals surface area contributed by atoms with Crippen molar-refractivity contribution < 1.29 is 9.59 Å². The molecule has 0 unspecified atom stereocenters. The van der Waals surface area contributed by atoms with E-state index in [1.54, 1.807) is 0 Å². The fourth-order valence-electron chi connectivity index (χ4n) is 4.05. The van der Waals surface area contributed by atoms with Crippen molar-refractivity contribution in [3.8, 4) is 0 Å². The first-order valence-electron chi connectivity index (χ1n) is 10.3. The summed E-state index contributed by atoms with van der Waals surface area (Å²) in [6.45, 7) is 7.69. The zero-order valence-electron chi connectivity index (χ0n) is 17.0. The Balaban J connectivity index is 1.98. The Morgan fingerprint density at radius 2 is 1.78 bits per heavy atom. The van der Waals surface area contributed by atoms with Crippen molar-refractivity contribution in [3.63, 3.8) is 0 Å². The number of primary amides is 1. The molecule has 27 heavy (non-hydrogen) atoms. The smallest absolute Gasteiger partial charge is 0.226 e. The van der Waals surface area contributed by atoms with Gasteiger partial charge in [0.15, 0.2) is 0 Å². The Kier molecular flexibility index (Phi) is 8.14. The molecular weight excluding hydrogens is 338 g/mol. The number of piperidine rings is 1. The van der Waals surface area contributed by atoms with Gasteiger partial charge >= 0.3 is 0 Å². The predicted molar refractivity (Wildman–Crippen MR) is 110 cm³/mol. The molecule has 1 aliphatic rings. The van der Waals surface area contributed by atoms with Crippen molar-refractivity contribution >= 4 is 17.5 Å². The number of rotatable bonds is 9. The lowest BCUT2D eigenvalue weighted by Gasteiger charge is -2.37. The van der Waals surface area contributed by atoms with Crippen molar-refractivity contribution in [1.29, 1.82) is 0 Å².